The maximum Gasteiger partial charge on any atom is 0.122 e. The zero-order chi connectivity index (χ0) is 15.0. The second-order valence-corrected chi connectivity index (χ2v) is 5.94. The second-order valence-electron chi connectivity index (χ2n) is 5.94. The van der Waals surface area contributed by atoms with E-state index in [4.69, 9.17) is 15.2 Å². The predicted octanol–water partition coefficient (Wildman–Crippen LogP) is 3.33. The molecule has 0 heterocycles. The summed E-state index contributed by atoms with van der Waals surface area (Å²) in [6, 6.07) is 6.39. The molecule has 3 nitrogen and oxygen atoms in total. The van der Waals surface area contributed by atoms with Gasteiger partial charge in [-0.3, -0.25) is 0 Å². The highest BCUT2D eigenvalue weighted by molar-refractivity contribution is 5.37. The van der Waals surface area contributed by atoms with Gasteiger partial charge < -0.3 is 15.2 Å². The molecule has 1 aromatic rings. The van der Waals surface area contributed by atoms with E-state index in [0.29, 0.717) is 19.1 Å². The third-order valence-electron chi connectivity index (χ3n) is 3.08. The van der Waals surface area contributed by atoms with Crippen LogP contribution < -0.4 is 10.5 Å². The summed E-state index contributed by atoms with van der Waals surface area (Å²) in [5.74, 6) is 1.62. The summed E-state index contributed by atoms with van der Waals surface area (Å²) in [6.07, 6.45) is 1.94. The van der Waals surface area contributed by atoms with Gasteiger partial charge in [-0.25, -0.2) is 0 Å². The molecule has 20 heavy (non-hydrogen) atoms. The number of nitrogens with two attached hydrogens (primary N) is 1. The highest BCUT2D eigenvalue weighted by atomic mass is 16.5. The Morgan fingerprint density at radius 1 is 1.10 bits per heavy atom. The topological polar surface area (TPSA) is 44.5 Å². The summed E-state index contributed by atoms with van der Waals surface area (Å²) in [4.78, 5) is 0. The summed E-state index contributed by atoms with van der Waals surface area (Å²) in [7, 11) is 0. The first-order chi connectivity index (χ1) is 9.49. The van der Waals surface area contributed by atoms with Gasteiger partial charge in [-0.2, -0.15) is 0 Å². The van der Waals surface area contributed by atoms with Crippen LogP contribution in [-0.4, -0.2) is 25.9 Å². The van der Waals surface area contributed by atoms with E-state index < -0.39 is 0 Å². The van der Waals surface area contributed by atoms with Crippen molar-refractivity contribution in [1.82, 2.24) is 0 Å². The minimum atomic E-state index is 0.140. The standard InChI is InChI=1S/C17H29NO2/c1-13(2)7-8-19-9-10-20-17-6-5-14(3)11-16(17)12-15(4)18/h5-6,11,13,15H,7-10,12,18H2,1-4H3. The SMILES string of the molecule is Cc1ccc(OCCOCCC(C)C)c(CC(C)N)c1. The Morgan fingerprint density at radius 2 is 1.85 bits per heavy atom. The van der Waals surface area contributed by atoms with E-state index in [1.165, 1.54) is 11.1 Å². The number of benzene rings is 1. The quantitative estimate of drug-likeness (QED) is 0.705. The molecule has 114 valence electrons. The maximum absolute atomic E-state index is 5.89. The van der Waals surface area contributed by atoms with Gasteiger partial charge in [0.15, 0.2) is 0 Å². The van der Waals surface area contributed by atoms with Crippen molar-refractivity contribution >= 4 is 0 Å². The highest BCUT2D eigenvalue weighted by Gasteiger charge is 2.06. The first kappa shape index (κ1) is 17.0. The fourth-order valence-corrected chi connectivity index (χ4v) is 1.99. The molecule has 0 aromatic heterocycles. The maximum atomic E-state index is 5.89. The van der Waals surface area contributed by atoms with Crippen LogP contribution in [0.1, 0.15) is 38.3 Å². The Balaban J connectivity index is 2.39. The van der Waals surface area contributed by atoms with Crippen LogP contribution in [0.15, 0.2) is 18.2 Å². The van der Waals surface area contributed by atoms with Crippen molar-refractivity contribution in [2.45, 2.75) is 46.6 Å². The van der Waals surface area contributed by atoms with Crippen molar-refractivity contribution in [3.8, 4) is 5.75 Å². The molecule has 2 N–H and O–H groups in total. The third-order valence-corrected chi connectivity index (χ3v) is 3.08. The van der Waals surface area contributed by atoms with Crippen molar-refractivity contribution < 1.29 is 9.47 Å². The molecule has 1 unspecified atom stereocenters. The summed E-state index contributed by atoms with van der Waals surface area (Å²) in [6.45, 7) is 10.5. The Labute approximate surface area is 123 Å². The minimum Gasteiger partial charge on any atom is -0.491 e. The van der Waals surface area contributed by atoms with Crippen molar-refractivity contribution in [2.75, 3.05) is 19.8 Å². The van der Waals surface area contributed by atoms with E-state index in [1.54, 1.807) is 0 Å². The van der Waals surface area contributed by atoms with Crippen LogP contribution in [0.5, 0.6) is 5.75 Å². The molecule has 0 aliphatic carbocycles. The molecule has 0 bridgehead atoms. The smallest absolute Gasteiger partial charge is 0.122 e. The molecule has 1 atom stereocenters. The van der Waals surface area contributed by atoms with Gasteiger partial charge in [0.25, 0.3) is 0 Å². The van der Waals surface area contributed by atoms with E-state index in [1.807, 2.05) is 13.0 Å². The molecule has 0 spiro atoms. The molecule has 1 rings (SSSR count). The zero-order valence-electron chi connectivity index (χ0n) is 13.3. The fraction of sp³-hybridized carbons (Fsp3) is 0.647. The monoisotopic (exact) mass is 279 g/mol. The summed E-state index contributed by atoms with van der Waals surface area (Å²) >= 11 is 0. The molecule has 0 radical (unpaired) electrons. The van der Waals surface area contributed by atoms with Crippen LogP contribution in [-0.2, 0) is 11.2 Å². The van der Waals surface area contributed by atoms with Crippen LogP contribution in [0.25, 0.3) is 0 Å². The van der Waals surface area contributed by atoms with Gasteiger partial charge in [0, 0.05) is 12.6 Å². The average Bonchev–Trinajstić information content (AvgIpc) is 2.34. The van der Waals surface area contributed by atoms with Crippen LogP contribution in [0, 0.1) is 12.8 Å². The number of ether oxygens (including phenoxy) is 2. The molecule has 0 aliphatic heterocycles. The Hall–Kier alpha value is -1.06. The lowest BCUT2D eigenvalue weighted by Gasteiger charge is -2.14. The van der Waals surface area contributed by atoms with Gasteiger partial charge in [0.2, 0.25) is 0 Å². The molecule has 0 aliphatic rings. The van der Waals surface area contributed by atoms with E-state index >= 15 is 0 Å². The Kier molecular flexibility index (Phi) is 7.63. The molecular formula is C17H29NO2. The molecule has 0 fully saturated rings. The molecule has 0 saturated heterocycles. The lowest BCUT2D eigenvalue weighted by atomic mass is 10.0. The first-order valence-electron chi connectivity index (χ1n) is 7.54. The van der Waals surface area contributed by atoms with Gasteiger partial charge in [-0.1, -0.05) is 31.5 Å². The van der Waals surface area contributed by atoms with Gasteiger partial charge in [-0.15, -0.1) is 0 Å². The molecule has 1 aromatic carbocycles. The summed E-state index contributed by atoms with van der Waals surface area (Å²) in [5, 5.41) is 0. The van der Waals surface area contributed by atoms with Gasteiger partial charge in [-0.05, 0) is 44.2 Å². The zero-order valence-corrected chi connectivity index (χ0v) is 13.3. The van der Waals surface area contributed by atoms with E-state index in [9.17, 15) is 0 Å². The van der Waals surface area contributed by atoms with Crippen LogP contribution >= 0.6 is 0 Å². The number of aryl methyl sites for hydroxylation is 1. The summed E-state index contributed by atoms with van der Waals surface area (Å²) < 4.78 is 11.4. The van der Waals surface area contributed by atoms with Gasteiger partial charge in [0.05, 0.1) is 6.61 Å². The Morgan fingerprint density at radius 3 is 2.50 bits per heavy atom. The van der Waals surface area contributed by atoms with Crippen molar-refractivity contribution in [3.63, 3.8) is 0 Å². The number of hydrogen-bond acceptors (Lipinski definition) is 3. The van der Waals surface area contributed by atoms with E-state index in [-0.39, 0.29) is 6.04 Å². The van der Waals surface area contributed by atoms with Crippen molar-refractivity contribution in [2.24, 2.45) is 11.7 Å². The lowest BCUT2D eigenvalue weighted by Crippen LogP contribution is -2.19. The van der Waals surface area contributed by atoms with Crippen molar-refractivity contribution in [1.29, 1.82) is 0 Å². The average molecular weight is 279 g/mol. The van der Waals surface area contributed by atoms with Crippen LogP contribution in [0.3, 0.4) is 0 Å². The third kappa shape index (κ3) is 6.92. The molecule has 3 heteroatoms. The summed E-state index contributed by atoms with van der Waals surface area (Å²) in [5.41, 5.74) is 8.31. The highest BCUT2D eigenvalue weighted by Crippen LogP contribution is 2.21. The molecule has 0 amide bonds. The molecular weight excluding hydrogens is 250 g/mol. The number of rotatable bonds is 9. The molecule has 0 saturated carbocycles. The fourth-order valence-electron chi connectivity index (χ4n) is 1.99. The van der Waals surface area contributed by atoms with Gasteiger partial charge in [0.1, 0.15) is 12.4 Å². The largest absolute Gasteiger partial charge is 0.491 e. The second kappa shape index (κ2) is 8.98. The first-order valence-corrected chi connectivity index (χ1v) is 7.54. The normalized spacial score (nSPS) is 12.7. The van der Waals surface area contributed by atoms with Crippen molar-refractivity contribution in [3.05, 3.63) is 29.3 Å². The number of hydrogen-bond donors (Lipinski definition) is 1. The van der Waals surface area contributed by atoms with Gasteiger partial charge >= 0.3 is 0 Å². The van der Waals surface area contributed by atoms with Crippen LogP contribution in [0.2, 0.25) is 0 Å². The van der Waals surface area contributed by atoms with E-state index in [0.717, 1.165) is 25.2 Å². The van der Waals surface area contributed by atoms with Crippen LogP contribution in [0.4, 0.5) is 0 Å². The minimum absolute atomic E-state index is 0.140. The Bertz CT molecular complexity index is 389. The van der Waals surface area contributed by atoms with E-state index in [2.05, 4.69) is 32.9 Å². The predicted molar refractivity (Wildman–Crippen MR) is 84.3 cm³/mol. The lowest BCUT2D eigenvalue weighted by molar-refractivity contribution is 0.0922.